The average Bonchev–Trinajstić information content (AvgIpc) is 2.91. The number of alkyl halides is 3. The topological polar surface area (TPSA) is 47.0 Å². The van der Waals surface area contributed by atoms with Crippen LogP contribution in [0.3, 0.4) is 0 Å². The van der Waals surface area contributed by atoms with Gasteiger partial charge in [0.05, 0.1) is 22.6 Å². The van der Waals surface area contributed by atoms with Crippen LogP contribution in [-0.4, -0.2) is 22.7 Å². The summed E-state index contributed by atoms with van der Waals surface area (Å²) in [5.74, 6) is -3.00. The molecule has 0 saturated carbocycles. The first-order valence-electron chi connectivity index (χ1n) is 5.60. The van der Waals surface area contributed by atoms with Crippen LogP contribution in [0, 0.1) is 0 Å². The minimum absolute atomic E-state index is 0.0448. The van der Waals surface area contributed by atoms with E-state index in [1.54, 1.807) is 10.9 Å². The van der Waals surface area contributed by atoms with Gasteiger partial charge in [0, 0.05) is 16.5 Å². The summed E-state index contributed by atoms with van der Waals surface area (Å²) in [6, 6.07) is 4.05. The molecule has 0 radical (unpaired) electrons. The van der Waals surface area contributed by atoms with E-state index in [2.05, 4.69) is 4.98 Å². The Kier molecular flexibility index (Phi) is 4.43. The fraction of sp³-hybridized carbons (Fsp3) is 0.154. The number of Topliss-reactive ketones (excluding diaryl/α,β-unsaturated/α-hetero) is 2. The van der Waals surface area contributed by atoms with E-state index < -0.39 is 24.2 Å². The Morgan fingerprint density at radius 1 is 1.29 bits per heavy atom. The first-order chi connectivity index (χ1) is 9.79. The Labute approximate surface area is 126 Å². The smallest absolute Gasteiger partial charge is 0.294 e. The fourth-order valence-corrected chi connectivity index (χ4v) is 2.42. The molecule has 0 bridgehead atoms. The third kappa shape index (κ3) is 3.68. The summed E-state index contributed by atoms with van der Waals surface area (Å²) in [5, 5.41) is 1.93. The third-order valence-electron chi connectivity index (χ3n) is 2.64. The van der Waals surface area contributed by atoms with Crippen molar-refractivity contribution in [2.45, 2.75) is 12.6 Å². The molecular weight excluding hydrogens is 327 g/mol. The molecular formula is C13H7ClF3NO2S. The SMILES string of the molecule is O=C(CC(=O)C(F)(F)F)c1ccc(-c2cscn2)c(Cl)c1. The number of benzene rings is 1. The molecule has 0 unspecified atom stereocenters. The molecule has 2 aromatic rings. The summed E-state index contributed by atoms with van der Waals surface area (Å²) in [4.78, 5) is 26.5. The Balaban J connectivity index is 2.21. The van der Waals surface area contributed by atoms with E-state index in [0.717, 1.165) is 0 Å². The number of nitrogens with zero attached hydrogens (tertiary/aromatic N) is 1. The third-order valence-corrected chi connectivity index (χ3v) is 3.54. The molecule has 0 atom stereocenters. The molecule has 0 saturated heterocycles. The monoisotopic (exact) mass is 333 g/mol. The molecule has 21 heavy (non-hydrogen) atoms. The molecule has 1 heterocycles. The van der Waals surface area contributed by atoms with Crippen LogP contribution in [-0.2, 0) is 4.79 Å². The number of hydrogen-bond donors (Lipinski definition) is 0. The quantitative estimate of drug-likeness (QED) is 0.623. The Morgan fingerprint density at radius 3 is 2.52 bits per heavy atom. The van der Waals surface area contributed by atoms with Gasteiger partial charge in [0.1, 0.15) is 0 Å². The summed E-state index contributed by atoms with van der Waals surface area (Å²) in [6.07, 6.45) is -6.24. The number of thiazole rings is 1. The van der Waals surface area contributed by atoms with Gasteiger partial charge >= 0.3 is 6.18 Å². The van der Waals surface area contributed by atoms with Crippen molar-refractivity contribution in [1.82, 2.24) is 4.98 Å². The molecule has 8 heteroatoms. The highest BCUT2D eigenvalue weighted by Gasteiger charge is 2.39. The molecule has 110 valence electrons. The van der Waals surface area contributed by atoms with Crippen molar-refractivity contribution in [2.24, 2.45) is 0 Å². The van der Waals surface area contributed by atoms with Crippen LogP contribution in [0.5, 0.6) is 0 Å². The number of carbonyl (C=O) groups excluding carboxylic acids is 2. The van der Waals surface area contributed by atoms with E-state index in [-0.39, 0.29) is 10.6 Å². The van der Waals surface area contributed by atoms with Gasteiger partial charge in [-0.05, 0) is 6.07 Å². The molecule has 0 aliphatic heterocycles. The molecule has 1 aromatic heterocycles. The van der Waals surface area contributed by atoms with Gasteiger partial charge in [0.15, 0.2) is 5.78 Å². The van der Waals surface area contributed by atoms with Gasteiger partial charge in [-0.1, -0.05) is 23.7 Å². The zero-order valence-corrected chi connectivity index (χ0v) is 11.9. The molecule has 1 aromatic carbocycles. The molecule has 0 aliphatic carbocycles. The molecule has 0 spiro atoms. The van der Waals surface area contributed by atoms with Crippen molar-refractivity contribution in [2.75, 3.05) is 0 Å². The summed E-state index contributed by atoms with van der Waals surface area (Å²) >= 11 is 7.36. The minimum atomic E-state index is -5.01. The van der Waals surface area contributed by atoms with Gasteiger partial charge < -0.3 is 0 Å². The number of hydrogen-bond acceptors (Lipinski definition) is 4. The van der Waals surface area contributed by atoms with Crippen molar-refractivity contribution >= 4 is 34.5 Å². The zero-order valence-electron chi connectivity index (χ0n) is 10.3. The number of ketones is 2. The van der Waals surface area contributed by atoms with Gasteiger partial charge in [0.2, 0.25) is 5.78 Å². The second-order valence-electron chi connectivity index (χ2n) is 4.09. The lowest BCUT2D eigenvalue weighted by Gasteiger charge is -2.06. The van der Waals surface area contributed by atoms with Crippen LogP contribution in [0.15, 0.2) is 29.1 Å². The van der Waals surface area contributed by atoms with Gasteiger partial charge in [-0.25, -0.2) is 4.98 Å². The highest BCUT2D eigenvalue weighted by molar-refractivity contribution is 7.07. The fourth-order valence-electron chi connectivity index (χ4n) is 1.59. The number of carbonyl (C=O) groups is 2. The van der Waals surface area contributed by atoms with Crippen LogP contribution in [0.2, 0.25) is 5.02 Å². The number of aromatic nitrogens is 1. The van der Waals surface area contributed by atoms with E-state index in [9.17, 15) is 22.8 Å². The number of rotatable bonds is 4. The predicted molar refractivity (Wildman–Crippen MR) is 72.6 cm³/mol. The van der Waals surface area contributed by atoms with Crippen LogP contribution in [0.4, 0.5) is 13.2 Å². The van der Waals surface area contributed by atoms with E-state index in [4.69, 9.17) is 11.6 Å². The summed E-state index contributed by atoms with van der Waals surface area (Å²) in [6.45, 7) is 0. The molecule has 0 aliphatic rings. The van der Waals surface area contributed by atoms with Crippen LogP contribution >= 0.6 is 22.9 Å². The van der Waals surface area contributed by atoms with Gasteiger partial charge in [-0.3, -0.25) is 9.59 Å². The second kappa shape index (κ2) is 5.95. The van der Waals surface area contributed by atoms with E-state index in [1.807, 2.05) is 0 Å². The van der Waals surface area contributed by atoms with Crippen molar-refractivity contribution in [1.29, 1.82) is 0 Å². The maximum absolute atomic E-state index is 12.1. The first kappa shape index (κ1) is 15.7. The second-order valence-corrected chi connectivity index (χ2v) is 5.22. The van der Waals surface area contributed by atoms with E-state index in [0.29, 0.717) is 11.3 Å². The summed E-state index contributed by atoms with van der Waals surface area (Å²) in [5.41, 5.74) is 2.73. The molecule has 2 rings (SSSR count). The zero-order chi connectivity index (χ0) is 15.6. The van der Waals surface area contributed by atoms with Gasteiger partial charge in [-0.2, -0.15) is 13.2 Å². The Hall–Kier alpha value is -1.73. The summed E-state index contributed by atoms with van der Waals surface area (Å²) < 4.78 is 36.4. The highest BCUT2D eigenvalue weighted by atomic mass is 35.5. The average molecular weight is 334 g/mol. The lowest BCUT2D eigenvalue weighted by atomic mass is 10.0. The summed E-state index contributed by atoms with van der Waals surface area (Å²) in [7, 11) is 0. The van der Waals surface area contributed by atoms with Crippen LogP contribution in [0.25, 0.3) is 11.3 Å². The van der Waals surface area contributed by atoms with Crippen molar-refractivity contribution < 1.29 is 22.8 Å². The molecule has 3 nitrogen and oxygen atoms in total. The minimum Gasteiger partial charge on any atom is -0.294 e. The van der Waals surface area contributed by atoms with E-state index in [1.165, 1.54) is 29.5 Å². The lowest BCUT2D eigenvalue weighted by molar-refractivity contribution is -0.170. The molecule has 0 N–H and O–H groups in total. The van der Waals surface area contributed by atoms with Gasteiger partial charge in [-0.15, -0.1) is 11.3 Å². The Bertz CT molecular complexity index is 683. The van der Waals surface area contributed by atoms with Crippen molar-refractivity contribution in [3.05, 3.63) is 39.7 Å². The normalized spacial score (nSPS) is 11.4. The highest BCUT2D eigenvalue weighted by Crippen LogP contribution is 2.29. The molecule has 0 amide bonds. The van der Waals surface area contributed by atoms with Crippen molar-refractivity contribution in [3.8, 4) is 11.3 Å². The largest absolute Gasteiger partial charge is 0.450 e. The number of halogens is 4. The Morgan fingerprint density at radius 2 is 2.00 bits per heavy atom. The standard InChI is InChI=1S/C13H7ClF3NO2S/c14-9-3-7(11(19)4-12(20)13(15,16)17)1-2-8(9)10-5-21-6-18-10/h1-3,5-6H,4H2. The van der Waals surface area contributed by atoms with Gasteiger partial charge in [0.25, 0.3) is 0 Å². The molecule has 0 fully saturated rings. The first-order valence-corrected chi connectivity index (χ1v) is 6.92. The van der Waals surface area contributed by atoms with Crippen LogP contribution in [0.1, 0.15) is 16.8 Å². The van der Waals surface area contributed by atoms with E-state index >= 15 is 0 Å². The van der Waals surface area contributed by atoms with Crippen molar-refractivity contribution in [3.63, 3.8) is 0 Å². The maximum Gasteiger partial charge on any atom is 0.450 e. The van der Waals surface area contributed by atoms with Crippen LogP contribution < -0.4 is 0 Å². The maximum atomic E-state index is 12.1. The predicted octanol–water partition coefficient (Wildman–Crippen LogP) is 4.17. The lowest BCUT2D eigenvalue weighted by Crippen LogP contribution is -2.25.